The summed E-state index contributed by atoms with van der Waals surface area (Å²) in [4.78, 5) is 7.19. The van der Waals surface area contributed by atoms with Crippen molar-refractivity contribution < 1.29 is 9.47 Å². The van der Waals surface area contributed by atoms with Gasteiger partial charge in [0, 0.05) is 25.2 Å². The number of ether oxygens (including phenoxy) is 2. The first-order valence-electron chi connectivity index (χ1n) is 8.42. The standard InChI is InChI=1S/C18H29N3O2/c1-5-19-18(21-11-7-8-14(2)13-21)20-12-15-9-6-10-16(22-3)17(15)23-4/h6,9-10,14H,5,7-8,11-13H2,1-4H3,(H,19,20). The molecule has 0 aromatic heterocycles. The summed E-state index contributed by atoms with van der Waals surface area (Å²) in [6.07, 6.45) is 2.54. The minimum atomic E-state index is 0.577. The third-order valence-electron chi connectivity index (χ3n) is 4.18. The van der Waals surface area contributed by atoms with Crippen LogP contribution in [0.1, 0.15) is 32.3 Å². The van der Waals surface area contributed by atoms with Crippen LogP contribution in [0.4, 0.5) is 0 Å². The van der Waals surface area contributed by atoms with Crippen molar-refractivity contribution in [3.05, 3.63) is 23.8 Å². The van der Waals surface area contributed by atoms with Crippen molar-refractivity contribution in [2.45, 2.75) is 33.2 Å². The average Bonchev–Trinajstić information content (AvgIpc) is 2.58. The fourth-order valence-corrected chi connectivity index (χ4v) is 3.05. The highest BCUT2D eigenvalue weighted by Crippen LogP contribution is 2.31. The van der Waals surface area contributed by atoms with Gasteiger partial charge in [-0.1, -0.05) is 19.1 Å². The second-order valence-corrected chi connectivity index (χ2v) is 6.02. The normalized spacial score (nSPS) is 18.7. The summed E-state index contributed by atoms with van der Waals surface area (Å²) in [5.41, 5.74) is 1.03. The van der Waals surface area contributed by atoms with Crippen molar-refractivity contribution in [1.82, 2.24) is 10.2 Å². The van der Waals surface area contributed by atoms with Gasteiger partial charge in [-0.25, -0.2) is 4.99 Å². The monoisotopic (exact) mass is 319 g/mol. The molecule has 1 aromatic carbocycles. The molecule has 1 saturated heterocycles. The Bertz CT molecular complexity index is 531. The summed E-state index contributed by atoms with van der Waals surface area (Å²) >= 11 is 0. The molecule has 1 heterocycles. The van der Waals surface area contributed by atoms with E-state index in [1.54, 1.807) is 14.2 Å². The maximum atomic E-state index is 5.49. The van der Waals surface area contributed by atoms with Gasteiger partial charge in [0.25, 0.3) is 0 Å². The van der Waals surface area contributed by atoms with Crippen LogP contribution in [0.3, 0.4) is 0 Å². The fraction of sp³-hybridized carbons (Fsp3) is 0.611. The van der Waals surface area contributed by atoms with Gasteiger partial charge in [0.15, 0.2) is 17.5 Å². The van der Waals surface area contributed by atoms with Crippen LogP contribution in [-0.2, 0) is 6.54 Å². The molecule has 1 aliphatic rings. The van der Waals surface area contributed by atoms with E-state index in [2.05, 4.69) is 24.1 Å². The van der Waals surface area contributed by atoms with Gasteiger partial charge in [-0.2, -0.15) is 0 Å². The fourth-order valence-electron chi connectivity index (χ4n) is 3.05. The molecule has 5 heteroatoms. The molecule has 0 aliphatic carbocycles. The third kappa shape index (κ3) is 4.53. The molecule has 1 unspecified atom stereocenters. The molecule has 5 nitrogen and oxygen atoms in total. The minimum Gasteiger partial charge on any atom is -0.493 e. The van der Waals surface area contributed by atoms with Crippen molar-refractivity contribution in [2.24, 2.45) is 10.9 Å². The number of aliphatic imine (C=N–C) groups is 1. The highest BCUT2D eigenvalue weighted by Gasteiger charge is 2.19. The smallest absolute Gasteiger partial charge is 0.194 e. The first kappa shape index (κ1) is 17.4. The predicted molar refractivity (Wildman–Crippen MR) is 94.3 cm³/mol. The highest BCUT2D eigenvalue weighted by atomic mass is 16.5. The number of likely N-dealkylation sites (tertiary alicyclic amines) is 1. The number of nitrogens with one attached hydrogen (secondary N) is 1. The van der Waals surface area contributed by atoms with E-state index in [-0.39, 0.29) is 0 Å². The molecule has 128 valence electrons. The summed E-state index contributed by atoms with van der Waals surface area (Å²) in [5, 5.41) is 3.41. The zero-order valence-corrected chi connectivity index (χ0v) is 14.8. The molecule has 0 radical (unpaired) electrons. The van der Waals surface area contributed by atoms with Gasteiger partial charge in [-0.05, 0) is 31.7 Å². The summed E-state index contributed by atoms with van der Waals surface area (Å²) in [6.45, 7) is 8.01. The largest absolute Gasteiger partial charge is 0.493 e. The molecular weight excluding hydrogens is 290 g/mol. The molecule has 1 N–H and O–H groups in total. The Hall–Kier alpha value is -1.91. The van der Waals surface area contributed by atoms with Crippen LogP contribution in [0.2, 0.25) is 0 Å². The van der Waals surface area contributed by atoms with Gasteiger partial charge < -0.3 is 19.7 Å². The quantitative estimate of drug-likeness (QED) is 0.669. The van der Waals surface area contributed by atoms with E-state index in [1.165, 1.54) is 12.8 Å². The lowest BCUT2D eigenvalue weighted by atomic mass is 10.0. The Labute approximate surface area is 139 Å². The Morgan fingerprint density at radius 1 is 1.35 bits per heavy atom. The van der Waals surface area contributed by atoms with Crippen LogP contribution in [0.5, 0.6) is 11.5 Å². The second-order valence-electron chi connectivity index (χ2n) is 6.02. The van der Waals surface area contributed by atoms with Crippen molar-refractivity contribution in [3.63, 3.8) is 0 Å². The van der Waals surface area contributed by atoms with Crippen LogP contribution in [0.25, 0.3) is 0 Å². The van der Waals surface area contributed by atoms with Crippen LogP contribution in [0, 0.1) is 5.92 Å². The second kappa shape index (κ2) is 8.65. The van der Waals surface area contributed by atoms with Crippen LogP contribution < -0.4 is 14.8 Å². The molecule has 0 amide bonds. The zero-order valence-electron chi connectivity index (χ0n) is 14.8. The molecule has 1 aliphatic heterocycles. The number of methoxy groups -OCH3 is 2. The Kier molecular flexibility index (Phi) is 6.56. The van der Waals surface area contributed by atoms with Crippen molar-refractivity contribution in [3.8, 4) is 11.5 Å². The summed E-state index contributed by atoms with van der Waals surface area (Å²) in [7, 11) is 3.33. The number of hydrogen-bond donors (Lipinski definition) is 1. The Morgan fingerprint density at radius 2 is 2.17 bits per heavy atom. The van der Waals surface area contributed by atoms with E-state index in [9.17, 15) is 0 Å². The third-order valence-corrected chi connectivity index (χ3v) is 4.18. The first-order valence-corrected chi connectivity index (χ1v) is 8.42. The number of hydrogen-bond acceptors (Lipinski definition) is 3. The van der Waals surface area contributed by atoms with Crippen LogP contribution in [0.15, 0.2) is 23.2 Å². The van der Waals surface area contributed by atoms with E-state index in [0.717, 1.165) is 48.6 Å². The lowest BCUT2D eigenvalue weighted by molar-refractivity contribution is 0.266. The molecule has 2 rings (SSSR count). The van der Waals surface area contributed by atoms with Crippen molar-refractivity contribution >= 4 is 5.96 Å². The maximum Gasteiger partial charge on any atom is 0.194 e. The topological polar surface area (TPSA) is 46.1 Å². The SMILES string of the molecule is CCNC(=NCc1cccc(OC)c1OC)N1CCCC(C)C1. The summed E-state index contributed by atoms with van der Waals surface area (Å²) in [5.74, 6) is 3.22. The molecule has 1 fully saturated rings. The number of rotatable bonds is 5. The lowest BCUT2D eigenvalue weighted by Crippen LogP contribution is -2.46. The average molecular weight is 319 g/mol. The number of guanidine groups is 1. The van der Waals surface area contributed by atoms with Crippen molar-refractivity contribution in [2.75, 3.05) is 33.9 Å². The molecular formula is C18H29N3O2. The zero-order chi connectivity index (χ0) is 16.7. The van der Waals surface area contributed by atoms with Crippen LogP contribution >= 0.6 is 0 Å². The van der Waals surface area contributed by atoms with Gasteiger partial charge in [0.2, 0.25) is 0 Å². The highest BCUT2D eigenvalue weighted by molar-refractivity contribution is 5.80. The molecule has 0 bridgehead atoms. The predicted octanol–water partition coefficient (Wildman–Crippen LogP) is 2.90. The van der Waals surface area contributed by atoms with E-state index >= 15 is 0 Å². The van der Waals surface area contributed by atoms with Gasteiger partial charge in [0.05, 0.1) is 20.8 Å². The Balaban J connectivity index is 2.17. The molecule has 0 spiro atoms. The van der Waals surface area contributed by atoms with Gasteiger partial charge in [-0.15, -0.1) is 0 Å². The molecule has 1 aromatic rings. The number of piperidine rings is 1. The molecule has 0 saturated carbocycles. The first-order chi connectivity index (χ1) is 11.2. The van der Waals surface area contributed by atoms with Crippen molar-refractivity contribution in [1.29, 1.82) is 0 Å². The van der Waals surface area contributed by atoms with Gasteiger partial charge >= 0.3 is 0 Å². The summed E-state index contributed by atoms with van der Waals surface area (Å²) in [6, 6.07) is 5.92. The molecule has 1 atom stereocenters. The van der Waals surface area contributed by atoms with E-state index in [0.29, 0.717) is 6.54 Å². The van der Waals surface area contributed by atoms with E-state index < -0.39 is 0 Å². The maximum absolute atomic E-state index is 5.49. The van der Waals surface area contributed by atoms with E-state index in [4.69, 9.17) is 14.5 Å². The number of benzene rings is 1. The minimum absolute atomic E-state index is 0.577. The van der Waals surface area contributed by atoms with Gasteiger partial charge in [0.1, 0.15) is 0 Å². The summed E-state index contributed by atoms with van der Waals surface area (Å²) < 4.78 is 10.9. The van der Waals surface area contributed by atoms with Crippen LogP contribution in [-0.4, -0.2) is 44.7 Å². The lowest BCUT2D eigenvalue weighted by Gasteiger charge is -2.33. The Morgan fingerprint density at radius 3 is 2.83 bits per heavy atom. The van der Waals surface area contributed by atoms with E-state index in [1.807, 2.05) is 18.2 Å². The number of nitrogens with zero attached hydrogens (tertiary/aromatic N) is 2. The number of para-hydroxylation sites is 1. The van der Waals surface area contributed by atoms with Gasteiger partial charge in [-0.3, -0.25) is 0 Å². The molecule has 23 heavy (non-hydrogen) atoms.